The molecule has 4 nitrogen and oxygen atoms in total. The van der Waals surface area contributed by atoms with E-state index in [1.54, 1.807) is 12.1 Å². The molecule has 0 aromatic heterocycles. The molecular weight excluding hydrogens is 264 g/mol. The van der Waals surface area contributed by atoms with Crippen LogP contribution in [-0.4, -0.2) is 26.2 Å². The van der Waals surface area contributed by atoms with E-state index in [1.807, 2.05) is 6.92 Å². The smallest absolute Gasteiger partial charge is 0.297 e. The fourth-order valence-electron chi connectivity index (χ4n) is 1.65. The summed E-state index contributed by atoms with van der Waals surface area (Å²) in [7, 11) is -3.76. The summed E-state index contributed by atoms with van der Waals surface area (Å²) in [6.45, 7) is 3.78. The molecule has 108 valence electrons. The van der Waals surface area contributed by atoms with E-state index in [0.29, 0.717) is 6.42 Å². The van der Waals surface area contributed by atoms with Crippen LogP contribution < -0.4 is 0 Å². The Hall–Kier alpha value is -0.910. The summed E-state index contributed by atoms with van der Waals surface area (Å²) in [6.07, 6.45) is 2.81. The predicted octanol–water partition coefficient (Wildman–Crippen LogP) is 2.64. The number of benzene rings is 1. The van der Waals surface area contributed by atoms with Gasteiger partial charge in [-0.3, -0.25) is 4.18 Å². The van der Waals surface area contributed by atoms with E-state index in [0.717, 1.165) is 24.8 Å². The predicted molar refractivity (Wildman–Crippen MR) is 74.5 cm³/mol. The second-order valence-electron chi connectivity index (χ2n) is 4.70. The topological polar surface area (TPSA) is 63.6 Å². The Morgan fingerprint density at radius 1 is 1.21 bits per heavy atom. The molecule has 1 aromatic rings. The fourth-order valence-corrected chi connectivity index (χ4v) is 2.60. The maximum absolute atomic E-state index is 11.8. The Kier molecular flexibility index (Phi) is 6.48. The van der Waals surface area contributed by atoms with Crippen molar-refractivity contribution in [2.24, 2.45) is 0 Å². The minimum absolute atomic E-state index is 0.124. The monoisotopic (exact) mass is 286 g/mol. The van der Waals surface area contributed by atoms with Gasteiger partial charge < -0.3 is 5.11 Å². The molecule has 0 saturated carbocycles. The van der Waals surface area contributed by atoms with Gasteiger partial charge in [-0.15, -0.1) is 0 Å². The number of aryl methyl sites for hydroxylation is 1. The van der Waals surface area contributed by atoms with Gasteiger partial charge in [-0.25, -0.2) is 0 Å². The lowest BCUT2D eigenvalue weighted by molar-refractivity contribution is 0.100. The lowest BCUT2D eigenvalue weighted by Crippen LogP contribution is -2.19. The van der Waals surface area contributed by atoms with Crippen molar-refractivity contribution in [3.8, 4) is 0 Å². The minimum Gasteiger partial charge on any atom is -0.391 e. The Balaban J connectivity index is 2.49. The molecule has 0 aliphatic carbocycles. The summed E-state index contributed by atoms with van der Waals surface area (Å²) >= 11 is 0. The van der Waals surface area contributed by atoms with Gasteiger partial charge in [0.05, 0.1) is 17.6 Å². The number of unbranched alkanes of at least 4 members (excludes halogenated alkanes) is 2. The van der Waals surface area contributed by atoms with Gasteiger partial charge in [0.1, 0.15) is 0 Å². The van der Waals surface area contributed by atoms with Crippen LogP contribution in [0.2, 0.25) is 0 Å². The SMILES string of the molecule is CCCCC[C@H](O)COS(=O)(=O)c1ccc(C)cc1. The molecule has 0 fully saturated rings. The fraction of sp³-hybridized carbons (Fsp3) is 0.571. The van der Waals surface area contributed by atoms with E-state index in [-0.39, 0.29) is 11.5 Å². The van der Waals surface area contributed by atoms with Gasteiger partial charge in [0.2, 0.25) is 0 Å². The molecule has 1 aromatic carbocycles. The van der Waals surface area contributed by atoms with Crippen molar-refractivity contribution in [2.75, 3.05) is 6.61 Å². The molecule has 0 heterocycles. The lowest BCUT2D eigenvalue weighted by Gasteiger charge is -2.11. The summed E-state index contributed by atoms with van der Waals surface area (Å²) in [6, 6.07) is 6.45. The van der Waals surface area contributed by atoms with Crippen LogP contribution in [-0.2, 0) is 14.3 Å². The van der Waals surface area contributed by atoms with Crippen molar-refractivity contribution >= 4 is 10.1 Å². The minimum atomic E-state index is -3.76. The molecule has 5 heteroatoms. The first-order chi connectivity index (χ1) is 8.95. The van der Waals surface area contributed by atoms with Crippen LogP contribution in [0, 0.1) is 6.92 Å². The molecule has 0 saturated heterocycles. The van der Waals surface area contributed by atoms with Gasteiger partial charge >= 0.3 is 0 Å². The largest absolute Gasteiger partial charge is 0.391 e. The van der Waals surface area contributed by atoms with Crippen LogP contribution in [0.15, 0.2) is 29.2 Å². The number of aliphatic hydroxyl groups is 1. The average Bonchev–Trinajstić information content (AvgIpc) is 2.37. The highest BCUT2D eigenvalue weighted by Crippen LogP contribution is 2.14. The van der Waals surface area contributed by atoms with Crippen molar-refractivity contribution in [1.82, 2.24) is 0 Å². The van der Waals surface area contributed by atoms with Crippen LogP contribution >= 0.6 is 0 Å². The molecule has 1 N–H and O–H groups in total. The maximum atomic E-state index is 11.8. The van der Waals surface area contributed by atoms with Gasteiger partial charge in [-0.1, -0.05) is 43.9 Å². The highest BCUT2D eigenvalue weighted by molar-refractivity contribution is 7.86. The van der Waals surface area contributed by atoms with Gasteiger partial charge in [-0.2, -0.15) is 8.42 Å². The van der Waals surface area contributed by atoms with Crippen molar-refractivity contribution in [2.45, 2.75) is 50.5 Å². The highest BCUT2D eigenvalue weighted by atomic mass is 32.2. The van der Waals surface area contributed by atoms with Crippen molar-refractivity contribution in [3.05, 3.63) is 29.8 Å². The maximum Gasteiger partial charge on any atom is 0.297 e. The second-order valence-corrected chi connectivity index (χ2v) is 6.32. The molecule has 0 unspecified atom stereocenters. The molecule has 0 aliphatic heterocycles. The highest BCUT2D eigenvalue weighted by Gasteiger charge is 2.17. The zero-order valence-corrected chi connectivity index (χ0v) is 12.3. The molecule has 1 atom stereocenters. The van der Waals surface area contributed by atoms with E-state index in [2.05, 4.69) is 6.92 Å². The number of aliphatic hydroxyl groups excluding tert-OH is 1. The van der Waals surface area contributed by atoms with Gasteiger partial charge in [-0.05, 0) is 25.5 Å². The summed E-state index contributed by atoms with van der Waals surface area (Å²) in [5.74, 6) is 0. The van der Waals surface area contributed by atoms with E-state index in [1.165, 1.54) is 12.1 Å². The Bertz CT molecular complexity index is 465. The number of hydrogen-bond donors (Lipinski definition) is 1. The van der Waals surface area contributed by atoms with E-state index in [9.17, 15) is 13.5 Å². The van der Waals surface area contributed by atoms with Crippen molar-refractivity contribution in [1.29, 1.82) is 0 Å². The molecule has 0 spiro atoms. The zero-order valence-electron chi connectivity index (χ0n) is 11.5. The lowest BCUT2D eigenvalue weighted by atomic mass is 10.1. The normalized spacial score (nSPS) is 13.4. The van der Waals surface area contributed by atoms with E-state index < -0.39 is 16.2 Å². The Morgan fingerprint density at radius 3 is 2.42 bits per heavy atom. The van der Waals surface area contributed by atoms with E-state index in [4.69, 9.17) is 4.18 Å². The zero-order chi connectivity index (χ0) is 14.3. The average molecular weight is 286 g/mol. The first-order valence-electron chi connectivity index (χ1n) is 6.60. The number of hydrogen-bond acceptors (Lipinski definition) is 4. The van der Waals surface area contributed by atoms with Gasteiger partial charge in [0, 0.05) is 0 Å². The standard InChI is InChI=1S/C14H22O4S/c1-3-4-5-6-13(15)11-18-19(16,17)14-9-7-12(2)8-10-14/h7-10,13,15H,3-6,11H2,1-2H3/t13-/m0/s1. The summed E-state index contributed by atoms with van der Waals surface area (Å²) < 4.78 is 28.6. The second kappa shape index (κ2) is 7.62. The first-order valence-corrected chi connectivity index (χ1v) is 8.00. The number of rotatable bonds is 8. The molecule has 0 radical (unpaired) electrons. The molecular formula is C14H22O4S. The molecule has 19 heavy (non-hydrogen) atoms. The van der Waals surface area contributed by atoms with Crippen molar-refractivity contribution in [3.63, 3.8) is 0 Å². The van der Waals surface area contributed by atoms with Gasteiger partial charge in [0.25, 0.3) is 10.1 Å². The van der Waals surface area contributed by atoms with E-state index >= 15 is 0 Å². The first kappa shape index (κ1) is 16.1. The van der Waals surface area contributed by atoms with Crippen LogP contribution in [0.5, 0.6) is 0 Å². The van der Waals surface area contributed by atoms with Crippen LogP contribution in [0.1, 0.15) is 38.2 Å². The molecule has 0 amide bonds. The third-order valence-electron chi connectivity index (χ3n) is 2.87. The molecule has 1 rings (SSSR count). The van der Waals surface area contributed by atoms with Crippen molar-refractivity contribution < 1.29 is 17.7 Å². The van der Waals surface area contributed by atoms with Crippen LogP contribution in [0.3, 0.4) is 0 Å². The van der Waals surface area contributed by atoms with Crippen LogP contribution in [0.4, 0.5) is 0 Å². The summed E-state index contributed by atoms with van der Waals surface area (Å²) in [5, 5.41) is 9.64. The Morgan fingerprint density at radius 2 is 1.84 bits per heavy atom. The van der Waals surface area contributed by atoms with Gasteiger partial charge in [0.15, 0.2) is 0 Å². The third kappa shape index (κ3) is 5.72. The molecule has 0 bridgehead atoms. The molecule has 0 aliphatic rings. The summed E-state index contributed by atoms with van der Waals surface area (Å²) in [5.41, 5.74) is 0.985. The third-order valence-corrected chi connectivity index (χ3v) is 4.16. The van der Waals surface area contributed by atoms with Crippen LogP contribution in [0.25, 0.3) is 0 Å². The quantitative estimate of drug-likeness (QED) is 0.589. The Labute approximate surface area is 115 Å². The summed E-state index contributed by atoms with van der Waals surface area (Å²) in [4.78, 5) is 0.124.